The Hall–Kier alpha value is -1.76. The predicted molar refractivity (Wildman–Crippen MR) is 104 cm³/mol. The molecule has 1 fully saturated rings. The molecule has 3 rings (SSSR count). The maximum atomic E-state index is 12.6. The van der Waals surface area contributed by atoms with Crippen LogP contribution in [0.4, 0.5) is 0 Å². The molecule has 1 N–H and O–H groups in total. The molecule has 0 bridgehead atoms. The average Bonchev–Trinajstić information content (AvgIpc) is 2.60. The Labute approximate surface area is 169 Å². The summed E-state index contributed by atoms with van der Waals surface area (Å²) in [5.74, 6) is -0.502. The molecule has 0 atom stereocenters. The van der Waals surface area contributed by atoms with Gasteiger partial charge in [0.25, 0.3) is 11.8 Å². The minimum atomic E-state index is -0.257. The monoisotopic (exact) mass is 456 g/mol. The van der Waals surface area contributed by atoms with Gasteiger partial charge in [-0.3, -0.25) is 9.59 Å². The molecule has 2 aromatic carbocycles. The van der Waals surface area contributed by atoms with Gasteiger partial charge in [0.05, 0.1) is 5.56 Å². The van der Waals surface area contributed by atoms with Crippen LogP contribution in [0.2, 0.25) is 10.0 Å². The Morgan fingerprint density at radius 1 is 0.885 bits per heavy atom. The molecule has 0 spiro atoms. The number of phenolic OH excluding ortho intramolecular Hbond substituents is 1. The van der Waals surface area contributed by atoms with Gasteiger partial charge in [0.1, 0.15) is 5.75 Å². The fourth-order valence-electron chi connectivity index (χ4n) is 2.83. The van der Waals surface area contributed by atoms with Crippen LogP contribution in [0, 0.1) is 0 Å². The number of hydrogen-bond donors (Lipinski definition) is 1. The fraction of sp³-hybridized carbons (Fsp3) is 0.222. The van der Waals surface area contributed by atoms with E-state index in [1.165, 1.54) is 6.07 Å². The summed E-state index contributed by atoms with van der Waals surface area (Å²) in [7, 11) is 0. The molecule has 0 aromatic heterocycles. The molecule has 136 valence electrons. The van der Waals surface area contributed by atoms with Crippen molar-refractivity contribution in [1.29, 1.82) is 0 Å². The Kier molecular flexibility index (Phi) is 5.75. The molecule has 1 heterocycles. The molecule has 2 amide bonds. The smallest absolute Gasteiger partial charge is 0.257 e. The summed E-state index contributed by atoms with van der Waals surface area (Å²) in [5.41, 5.74) is 0.669. The molecule has 0 saturated carbocycles. The molecule has 1 aliphatic heterocycles. The first-order valence-electron chi connectivity index (χ1n) is 7.88. The summed E-state index contributed by atoms with van der Waals surface area (Å²) in [6.07, 6.45) is 0. The van der Waals surface area contributed by atoms with Crippen LogP contribution < -0.4 is 0 Å². The van der Waals surface area contributed by atoms with Crippen molar-refractivity contribution in [3.05, 3.63) is 62.0 Å². The Bertz CT molecular complexity index is 847. The van der Waals surface area contributed by atoms with Gasteiger partial charge in [-0.15, -0.1) is 0 Å². The lowest BCUT2D eigenvalue weighted by Gasteiger charge is -2.35. The molecule has 5 nitrogen and oxygen atoms in total. The molecular weight excluding hydrogens is 443 g/mol. The SMILES string of the molecule is O=C(c1cc(Cl)cc(Cl)c1)N1CCN(C(=O)c2ccc(Br)cc2O)CC1. The second-order valence-electron chi connectivity index (χ2n) is 5.90. The van der Waals surface area contributed by atoms with Crippen molar-refractivity contribution in [2.24, 2.45) is 0 Å². The van der Waals surface area contributed by atoms with Gasteiger partial charge in [-0.25, -0.2) is 0 Å². The van der Waals surface area contributed by atoms with E-state index in [1.54, 1.807) is 40.1 Å². The van der Waals surface area contributed by atoms with Crippen molar-refractivity contribution >= 4 is 50.9 Å². The number of amides is 2. The minimum absolute atomic E-state index is 0.0727. The first-order valence-corrected chi connectivity index (χ1v) is 9.43. The van der Waals surface area contributed by atoms with Gasteiger partial charge in [-0.2, -0.15) is 0 Å². The van der Waals surface area contributed by atoms with E-state index in [0.717, 1.165) is 0 Å². The highest BCUT2D eigenvalue weighted by Crippen LogP contribution is 2.25. The Balaban J connectivity index is 1.67. The van der Waals surface area contributed by atoms with Gasteiger partial charge >= 0.3 is 0 Å². The second-order valence-corrected chi connectivity index (χ2v) is 7.69. The Morgan fingerprint density at radius 3 is 1.96 bits per heavy atom. The van der Waals surface area contributed by atoms with Gasteiger partial charge in [0.15, 0.2) is 0 Å². The zero-order valence-corrected chi connectivity index (χ0v) is 16.7. The van der Waals surface area contributed by atoms with Crippen molar-refractivity contribution < 1.29 is 14.7 Å². The number of nitrogens with zero attached hydrogens (tertiary/aromatic N) is 2. The fourth-order valence-corrected chi connectivity index (χ4v) is 3.70. The molecule has 26 heavy (non-hydrogen) atoms. The summed E-state index contributed by atoms with van der Waals surface area (Å²) in [5, 5.41) is 10.8. The van der Waals surface area contributed by atoms with Crippen LogP contribution in [-0.4, -0.2) is 52.9 Å². The van der Waals surface area contributed by atoms with Gasteiger partial charge < -0.3 is 14.9 Å². The van der Waals surface area contributed by atoms with E-state index in [4.69, 9.17) is 23.2 Å². The lowest BCUT2D eigenvalue weighted by Crippen LogP contribution is -2.50. The first kappa shape index (κ1) is 19.0. The summed E-state index contributed by atoms with van der Waals surface area (Å²) in [6, 6.07) is 9.49. The number of rotatable bonds is 2. The molecule has 8 heteroatoms. The summed E-state index contributed by atoms with van der Waals surface area (Å²) >= 11 is 15.2. The van der Waals surface area contributed by atoms with E-state index in [9.17, 15) is 14.7 Å². The van der Waals surface area contributed by atoms with Crippen molar-refractivity contribution in [1.82, 2.24) is 9.80 Å². The zero-order chi connectivity index (χ0) is 18.8. The average molecular weight is 458 g/mol. The predicted octanol–water partition coefficient (Wildman–Crippen LogP) is 4.06. The number of phenols is 1. The number of carbonyl (C=O) groups is 2. The van der Waals surface area contributed by atoms with Gasteiger partial charge in [0, 0.05) is 46.3 Å². The number of aromatic hydroxyl groups is 1. The summed E-state index contributed by atoms with van der Waals surface area (Å²) in [6.45, 7) is 1.56. The number of halogens is 3. The van der Waals surface area contributed by atoms with Crippen LogP contribution in [0.15, 0.2) is 40.9 Å². The van der Waals surface area contributed by atoms with Crippen molar-refractivity contribution in [3.8, 4) is 5.75 Å². The highest BCUT2D eigenvalue weighted by atomic mass is 79.9. The van der Waals surface area contributed by atoms with Crippen LogP contribution in [0.25, 0.3) is 0 Å². The van der Waals surface area contributed by atoms with E-state index in [-0.39, 0.29) is 23.1 Å². The maximum absolute atomic E-state index is 12.6. The van der Waals surface area contributed by atoms with Crippen molar-refractivity contribution in [2.45, 2.75) is 0 Å². The van der Waals surface area contributed by atoms with Gasteiger partial charge in [-0.1, -0.05) is 39.1 Å². The first-order chi connectivity index (χ1) is 12.3. The molecule has 0 unspecified atom stereocenters. The third kappa shape index (κ3) is 4.14. The van der Waals surface area contributed by atoms with E-state index >= 15 is 0 Å². The third-order valence-corrected chi connectivity index (χ3v) is 5.08. The van der Waals surface area contributed by atoms with E-state index < -0.39 is 0 Å². The quantitative estimate of drug-likeness (QED) is 0.739. The van der Waals surface area contributed by atoms with Crippen LogP contribution in [0.1, 0.15) is 20.7 Å². The van der Waals surface area contributed by atoms with Crippen molar-refractivity contribution in [3.63, 3.8) is 0 Å². The lowest BCUT2D eigenvalue weighted by atomic mass is 10.1. The topological polar surface area (TPSA) is 60.9 Å². The van der Waals surface area contributed by atoms with Crippen LogP contribution >= 0.6 is 39.1 Å². The second kappa shape index (κ2) is 7.86. The normalized spacial score (nSPS) is 14.4. The lowest BCUT2D eigenvalue weighted by molar-refractivity contribution is 0.0533. The molecule has 1 saturated heterocycles. The van der Waals surface area contributed by atoms with E-state index in [2.05, 4.69) is 15.9 Å². The number of benzene rings is 2. The summed E-state index contributed by atoms with van der Waals surface area (Å²) < 4.78 is 0.696. The van der Waals surface area contributed by atoms with Crippen LogP contribution in [0.3, 0.4) is 0 Å². The minimum Gasteiger partial charge on any atom is -0.507 e. The largest absolute Gasteiger partial charge is 0.507 e. The molecule has 0 radical (unpaired) electrons. The highest BCUT2D eigenvalue weighted by Gasteiger charge is 2.27. The molecule has 2 aromatic rings. The van der Waals surface area contributed by atoms with Gasteiger partial charge in [0.2, 0.25) is 0 Å². The molecular formula is C18H15BrCl2N2O3. The number of piperazine rings is 1. The maximum Gasteiger partial charge on any atom is 0.257 e. The highest BCUT2D eigenvalue weighted by molar-refractivity contribution is 9.10. The zero-order valence-electron chi connectivity index (χ0n) is 13.6. The van der Waals surface area contributed by atoms with Crippen molar-refractivity contribution in [2.75, 3.05) is 26.2 Å². The van der Waals surface area contributed by atoms with Crippen LogP contribution in [0.5, 0.6) is 5.75 Å². The van der Waals surface area contributed by atoms with Crippen LogP contribution in [-0.2, 0) is 0 Å². The third-order valence-electron chi connectivity index (χ3n) is 4.15. The standard InChI is InChI=1S/C18H15BrCl2N2O3/c19-12-1-2-15(16(24)9-12)18(26)23-5-3-22(4-6-23)17(25)11-7-13(20)10-14(21)8-11/h1-2,7-10,24H,3-6H2. The number of carbonyl (C=O) groups excluding carboxylic acids is 2. The molecule has 0 aliphatic carbocycles. The summed E-state index contributed by atoms with van der Waals surface area (Å²) in [4.78, 5) is 28.5. The van der Waals surface area contributed by atoms with Gasteiger partial charge in [-0.05, 0) is 36.4 Å². The van der Waals surface area contributed by atoms with E-state index in [1.807, 2.05) is 0 Å². The number of hydrogen-bond acceptors (Lipinski definition) is 3. The van der Waals surface area contributed by atoms with E-state index in [0.29, 0.717) is 46.3 Å². The Morgan fingerprint density at radius 2 is 1.42 bits per heavy atom. The molecule has 1 aliphatic rings.